The number of nitrogens with one attached hydrogen (secondary N) is 1. The van der Waals surface area contributed by atoms with Gasteiger partial charge in [0, 0.05) is 12.3 Å². The summed E-state index contributed by atoms with van der Waals surface area (Å²) in [6.45, 7) is 0. The number of thiazole rings is 1. The van der Waals surface area contributed by atoms with Crippen molar-refractivity contribution in [3.8, 4) is 0 Å². The summed E-state index contributed by atoms with van der Waals surface area (Å²) in [5.41, 5.74) is 2.72. The van der Waals surface area contributed by atoms with Gasteiger partial charge in [-0.15, -0.1) is 11.3 Å². The van der Waals surface area contributed by atoms with Crippen molar-refractivity contribution < 1.29 is 4.79 Å². The van der Waals surface area contributed by atoms with Crippen molar-refractivity contribution in [1.82, 2.24) is 15.3 Å². The molecule has 0 bridgehead atoms. The molecule has 1 N–H and O–H groups in total. The minimum atomic E-state index is -0.306. The molecular formula is C22H17N3OS. The molecule has 0 spiro atoms. The average molecular weight is 371 g/mol. The van der Waals surface area contributed by atoms with Crippen molar-refractivity contribution in [2.75, 3.05) is 0 Å². The third-order valence-electron chi connectivity index (χ3n) is 4.09. The van der Waals surface area contributed by atoms with Crippen molar-refractivity contribution >= 4 is 33.5 Å². The Morgan fingerprint density at radius 1 is 0.963 bits per heavy atom. The molecule has 0 aliphatic rings. The predicted molar refractivity (Wildman–Crippen MR) is 109 cm³/mol. The quantitative estimate of drug-likeness (QED) is 0.521. The number of amides is 1. The molecule has 0 radical (unpaired) electrons. The number of hydrogen-bond donors (Lipinski definition) is 1. The predicted octanol–water partition coefficient (Wildman–Crippen LogP) is 4.61. The van der Waals surface area contributed by atoms with E-state index in [1.807, 2.05) is 72.8 Å². The normalized spacial score (nSPS) is 12.3. The molecule has 132 valence electrons. The fourth-order valence-electron chi connectivity index (χ4n) is 2.82. The second-order valence-electron chi connectivity index (χ2n) is 5.96. The Morgan fingerprint density at radius 2 is 1.74 bits per heavy atom. The summed E-state index contributed by atoms with van der Waals surface area (Å²) >= 11 is 1.56. The molecule has 1 unspecified atom stereocenters. The molecule has 4 nitrogen and oxygen atoms in total. The topological polar surface area (TPSA) is 54.9 Å². The van der Waals surface area contributed by atoms with Crippen molar-refractivity contribution in [3.63, 3.8) is 0 Å². The van der Waals surface area contributed by atoms with Gasteiger partial charge in [0.1, 0.15) is 5.01 Å². The number of carbonyl (C=O) groups excluding carboxylic acids is 1. The number of nitrogens with zero attached hydrogens (tertiary/aromatic N) is 2. The van der Waals surface area contributed by atoms with Crippen LogP contribution in [0.5, 0.6) is 0 Å². The monoisotopic (exact) mass is 371 g/mol. The van der Waals surface area contributed by atoms with E-state index in [0.29, 0.717) is 0 Å². The number of benzene rings is 2. The fraction of sp³-hybridized carbons (Fsp3) is 0.0455. The van der Waals surface area contributed by atoms with Gasteiger partial charge in [-0.05, 0) is 35.9 Å². The number of carbonyl (C=O) groups is 1. The van der Waals surface area contributed by atoms with E-state index in [9.17, 15) is 4.79 Å². The lowest BCUT2D eigenvalue weighted by Gasteiger charge is -2.17. The van der Waals surface area contributed by atoms with Gasteiger partial charge in [0.05, 0.1) is 22.0 Å². The van der Waals surface area contributed by atoms with Crippen molar-refractivity contribution in [2.24, 2.45) is 0 Å². The lowest BCUT2D eigenvalue weighted by Crippen LogP contribution is -2.28. The van der Waals surface area contributed by atoms with Gasteiger partial charge in [-0.1, -0.05) is 48.5 Å². The first-order valence-corrected chi connectivity index (χ1v) is 9.41. The molecule has 4 aromatic rings. The van der Waals surface area contributed by atoms with Crippen LogP contribution in [0.2, 0.25) is 0 Å². The zero-order valence-corrected chi connectivity index (χ0v) is 15.3. The largest absolute Gasteiger partial charge is 0.340 e. The highest BCUT2D eigenvalue weighted by Gasteiger charge is 2.16. The van der Waals surface area contributed by atoms with Crippen LogP contribution in [0.3, 0.4) is 0 Å². The van der Waals surface area contributed by atoms with Crippen molar-refractivity contribution in [2.45, 2.75) is 6.04 Å². The summed E-state index contributed by atoms with van der Waals surface area (Å²) < 4.78 is 1.10. The van der Waals surface area contributed by atoms with Crippen LogP contribution in [0, 0.1) is 0 Å². The summed E-state index contributed by atoms with van der Waals surface area (Å²) in [6, 6.07) is 23.1. The molecule has 1 amide bonds. The van der Waals surface area contributed by atoms with Gasteiger partial charge in [-0.25, -0.2) is 4.98 Å². The number of hydrogen-bond acceptors (Lipinski definition) is 4. The van der Waals surface area contributed by atoms with Gasteiger partial charge >= 0.3 is 0 Å². The number of aromatic nitrogens is 2. The summed E-state index contributed by atoms with van der Waals surface area (Å²) in [5, 5.41) is 3.85. The van der Waals surface area contributed by atoms with Crippen LogP contribution in [0.25, 0.3) is 16.3 Å². The van der Waals surface area contributed by atoms with Crippen LogP contribution < -0.4 is 5.32 Å². The standard InChI is InChI=1S/C22H17N3OS/c26-20(13-14-21-24-17-10-4-5-12-19(17)27-21)25-22(16-8-2-1-3-9-16)18-11-6-7-15-23-18/h1-15,22H,(H,25,26). The smallest absolute Gasteiger partial charge is 0.244 e. The number of rotatable bonds is 5. The van der Waals surface area contributed by atoms with Crippen LogP contribution in [0.1, 0.15) is 22.3 Å². The van der Waals surface area contributed by atoms with Gasteiger partial charge in [0.2, 0.25) is 5.91 Å². The number of para-hydroxylation sites is 1. The maximum atomic E-state index is 12.5. The SMILES string of the molecule is O=C(C=Cc1nc2ccccc2s1)NC(c1ccccc1)c1ccccn1. The lowest BCUT2D eigenvalue weighted by atomic mass is 10.0. The van der Waals surface area contributed by atoms with E-state index in [-0.39, 0.29) is 11.9 Å². The van der Waals surface area contributed by atoms with Gasteiger partial charge in [0.25, 0.3) is 0 Å². The first kappa shape index (κ1) is 17.1. The molecule has 0 fully saturated rings. The van der Waals surface area contributed by atoms with Gasteiger partial charge in [0.15, 0.2) is 0 Å². The van der Waals surface area contributed by atoms with E-state index >= 15 is 0 Å². The van der Waals surface area contributed by atoms with E-state index in [4.69, 9.17) is 0 Å². The number of fused-ring (bicyclic) bond motifs is 1. The molecule has 2 heterocycles. The first-order chi connectivity index (χ1) is 13.3. The third-order valence-corrected chi connectivity index (χ3v) is 5.09. The van der Waals surface area contributed by atoms with Crippen LogP contribution in [0.4, 0.5) is 0 Å². The van der Waals surface area contributed by atoms with E-state index in [1.165, 1.54) is 6.08 Å². The van der Waals surface area contributed by atoms with Crippen LogP contribution in [-0.4, -0.2) is 15.9 Å². The average Bonchev–Trinajstić information content (AvgIpc) is 3.15. The van der Waals surface area contributed by atoms with Crippen LogP contribution in [0.15, 0.2) is 85.1 Å². The zero-order valence-electron chi connectivity index (χ0n) is 14.4. The second-order valence-corrected chi connectivity index (χ2v) is 7.02. The molecule has 0 aliphatic carbocycles. The van der Waals surface area contributed by atoms with Crippen LogP contribution in [-0.2, 0) is 4.79 Å². The summed E-state index contributed by atoms with van der Waals surface area (Å²) in [4.78, 5) is 21.5. The molecule has 0 saturated carbocycles. The Bertz CT molecular complexity index is 1000. The highest BCUT2D eigenvalue weighted by molar-refractivity contribution is 7.19. The van der Waals surface area contributed by atoms with Crippen molar-refractivity contribution in [3.05, 3.63) is 101 Å². The minimum Gasteiger partial charge on any atom is -0.340 e. The summed E-state index contributed by atoms with van der Waals surface area (Å²) in [5.74, 6) is -0.186. The second kappa shape index (κ2) is 7.93. The Morgan fingerprint density at radius 3 is 2.52 bits per heavy atom. The van der Waals surface area contributed by atoms with E-state index in [0.717, 1.165) is 26.5 Å². The van der Waals surface area contributed by atoms with Crippen LogP contribution >= 0.6 is 11.3 Å². The molecule has 2 aromatic carbocycles. The zero-order chi connectivity index (χ0) is 18.5. The molecule has 0 aliphatic heterocycles. The van der Waals surface area contributed by atoms with Gasteiger partial charge in [-0.3, -0.25) is 9.78 Å². The molecule has 5 heteroatoms. The van der Waals surface area contributed by atoms with E-state index in [1.54, 1.807) is 23.6 Å². The van der Waals surface area contributed by atoms with Gasteiger partial charge < -0.3 is 5.32 Å². The molecular weight excluding hydrogens is 354 g/mol. The maximum Gasteiger partial charge on any atom is 0.244 e. The lowest BCUT2D eigenvalue weighted by molar-refractivity contribution is -0.116. The Balaban J connectivity index is 1.54. The minimum absolute atomic E-state index is 0.186. The Labute approximate surface area is 161 Å². The van der Waals surface area contributed by atoms with E-state index in [2.05, 4.69) is 15.3 Å². The molecule has 2 aromatic heterocycles. The highest BCUT2D eigenvalue weighted by atomic mass is 32.1. The molecule has 0 saturated heterocycles. The fourth-order valence-corrected chi connectivity index (χ4v) is 3.69. The molecule has 27 heavy (non-hydrogen) atoms. The highest BCUT2D eigenvalue weighted by Crippen LogP contribution is 2.23. The number of pyridine rings is 1. The van der Waals surface area contributed by atoms with Gasteiger partial charge in [-0.2, -0.15) is 0 Å². The molecule has 4 rings (SSSR count). The first-order valence-electron chi connectivity index (χ1n) is 8.59. The molecule has 1 atom stereocenters. The van der Waals surface area contributed by atoms with Crippen molar-refractivity contribution in [1.29, 1.82) is 0 Å². The summed E-state index contributed by atoms with van der Waals surface area (Å²) in [6.07, 6.45) is 5.01. The van der Waals surface area contributed by atoms with E-state index < -0.39 is 0 Å². The third kappa shape index (κ3) is 4.10. The Kier molecular flexibility index (Phi) is 5.03. The summed E-state index contributed by atoms with van der Waals surface area (Å²) in [7, 11) is 0. The maximum absolute atomic E-state index is 12.5. The Hall–Kier alpha value is -3.31.